The molecule has 0 saturated heterocycles. The highest BCUT2D eigenvalue weighted by Crippen LogP contribution is 2.44. The zero-order valence-corrected chi connectivity index (χ0v) is 20.0. The van der Waals surface area contributed by atoms with Crippen LogP contribution in [0.15, 0.2) is 21.7 Å². The first-order valence-electron chi connectivity index (χ1n) is 9.78. The fourth-order valence-electron chi connectivity index (χ4n) is 3.44. The third-order valence-electron chi connectivity index (χ3n) is 5.05. The summed E-state index contributed by atoms with van der Waals surface area (Å²) in [6.45, 7) is 1.63. The molecule has 192 valence electrons. The molecular formula is C17H22N4O12P2. The van der Waals surface area contributed by atoms with E-state index in [0.717, 1.165) is 15.7 Å². The van der Waals surface area contributed by atoms with Crippen molar-refractivity contribution in [1.29, 1.82) is 0 Å². The molecule has 0 saturated carbocycles. The van der Waals surface area contributed by atoms with Gasteiger partial charge in [-0.3, -0.25) is 18.8 Å². The van der Waals surface area contributed by atoms with Gasteiger partial charge in [-0.05, 0) is 37.1 Å². The summed E-state index contributed by atoms with van der Waals surface area (Å²) in [5.41, 5.74) is -0.166. The average molecular weight is 536 g/mol. The van der Waals surface area contributed by atoms with Crippen LogP contribution < -0.4 is 11.2 Å². The van der Waals surface area contributed by atoms with Crippen LogP contribution in [-0.4, -0.2) is 74.2 Å². The van der Waals surface area contributed by atoms with Crippen molar-refractivity contribution >= 4 is 26.7 Å². The van der Waals surface area contributed by atoms with E-state index < -0.39 is 58.4 Å². The highest BCUT2D eigenvalue weighted by atomic mass is 31.2. The molecule has 2 aliphatic rings. The van der Waals surface area contributed by atoms with Gasteiger partial charge in [-0.15, -0.1) is 0 Å². The third-order valence-corrected chi connectivity index (χ3v) is 6.11. The number of hydrogen-bond acceptors (Lipinski definition) is 10. The van der Waals surface area contributed by atoms with Crippen LogP contribution in [0.3, 0.4) is 0 Å². The SMILES string of the molecule is Cc1cc2nc3c(=O)[nH]c(=O)nc-3n(CC(O)C(OP(=O)(O)O)C(CO)OP(=O)(O)O)c2cc1C. The molecule has 18 heteroatoms. The number of aromatic amines is 1. The van der Waals surface area contributed by atoms with E-state index in [1.807, 2.05) is 4.98 Å². The molecule has 0 amide bonds. The van der Waals surface area contributed by atoms with E-state index in [1.165, 1.54) is 0 Å². The molecule has 0 aliphatic carbocycles. The second kappa shape index (κ2) is 9.95. The lowest BCUT2D eigenvalue weighted by Crippen LogP contribution is -2.44. The number of nitrogens with one attached hydrogen (secondary N) is 1. The number of aromatic nitrogens is 4. The van der Waals surface area contributed by atoms with Crippen LogP contribution in [0.4, 0.5) is 0 Å². The van der Waals surface area contributed by atoms with E-state index in [1.54, 1.807) is 26.0 Å². The molecule has 3 atom stereocenters. The van der Waals surface area contributed by atoms with Crippen molar-refractivity contribution in [3.8, 4) is 11.5 Å². The maximum atomic E-state index is 12.4. The van der Waals surface area contributed by atoms with Crippen molar-refractivity contribution in [3.05, 3.63) is 44.1 Å². The number of hydrogen-bond donors (Lipinski definition) is 7. The molecule has 35 heavy (non-hydrogen) atoms. The van der Waals surface area contributed by atoms with Gasteiger partial charge < -0.3 is 34.4 Å². The smallest absolute Gasteiger partial charge is 0.394 e. The van der Waals surface area contributed by atoms with Crippen LogP contribution in [0.25, 0.3) is 22.6 Å². The number of benzene rings is 1. The Morgan fingerprint density at radius 3 is 2.20 bits per heavy atom. The molecule has 16 nitrogen and oxygen atoms in total. The Hall–Kier alpha value is -2.36. The van der Waals surface area contributed by atoms with Crippen molar-refractivity contribution in [1.82, 2.24) is 19.5 Å². The Bertz CT molecular complexity index is 1430. The van der Waals surface area contributed by atoms with Gasteiger partial charge in [0.05, 0.1) is 24.2 Å². The van der Waals surface area contributed by atoms with Crippen LogP contribution in [0.1, 0.15) is 11.1 Å². The van der Waals surface area contributed by atoms with Gasteiger partial charge in [-0.1, -0.05) is 0 Å². The van der Waals surface area contributed by atoms with Gasteiger partial charge in [0.2, 0.25) is 0 Å². The molecule has 0 aromatic heterocycles. The Balaban J connectivity index is 2.21. The van der Waals surface area contributed by atoms with Gasteiger partial charge in [0.1, 0.15) is 18.3 Å². The molecule has 2 aliphatic heterocycles. The molecule has 7 N–H and O–H groups in total. The summed E-state index contributed by atoms with van der Waals surface area (Å²) in [4.78, 5) is 70.9. The average Bonchev–Trinajstić information content (AvgIpc) is 2.71. The third kappa shape index (κ3) is 6.45. The Labute approximate surface area is 195 Å². The number of phosphoric acid groups is 2. The molecule has 0 bridgehead atoms. The summed E-state index contributed by atoms with van der Waals surface area (Å²) in [6.07, 6.45) is -6.30. The van der Waals surface area contributed by atoms with Gasteiger partial charge in [-0.2, -0.15) is 4.98 Å². The number of rotatable bonds is 9. The van der Waals surface area contributed by atoms with E-state index in [0.29, 0.717) is 0 Å². The van der Waals surface area contributed by atoms with Crippen molar-refractivity contribution in [2.24, 2.45) is 0 Å². The molecule has 3 rings (SSSR count). The second-order valence-corrected chi connectivity index (χ2v) is 10.0. The number of fused-ring (bicyclic) bond motifs is 2. The predicted molar refractivity (Wildman–Crippen MR) is 117 cm³/mol. The fourth-order valence-corrected chi connectivity index (χ4v) is 4.58. The molecule has 1 aromatic carbocycles. The summed E-state index contributed by atoms with van der Waals surface area (Å²) < 4.78 is 32.8. The van der Waals surface area contributed by atoms with Crippen LogP contribution in [0, 0.1) is 13.8 Å². The Kier molecular flexibility index (Phi) is 7.74. The summed E-state index contributed by atoms with van der Waals surface area (Å²) in [6, 6.07) is 3.22. The zero-order chi connectivity index (χ0) is 26.3. The molecule has 0 spiro atoms. The number of nitrogens with zero attached hydrogens (tertiary/aromatic N) is 3. The molecule has 3 unspecified atom stereocenters. The summed E-state index contributed by atoms with van der Waals surface area (Å²) in [7, 11) is -10.7. The van der Waals surface area contributed by atoms with Gasteiger partial charge in [0.25, 0.3) is 5.56 Å². The molecule has 0 radical (unpaired) electrons. The maximum Gasteiger partial charge on any atom is 0.470 e. The largest absolute Gasteiger partial charge is 0.470 e. The minimum atomic E-state index is -5.39. The van der Waals surface area contributed by atoms with Gasteiger partial charge in [0, 0.05) is 0 Å². The first kappa shape index (κ1) is 27.2. The molecule has 2 heterocycles. The predicted octanol–water partition coefficient (Wildman–Crippen LogP) is -1.49. The van der Waals surface area contributed by atoms with Crippen molar-refractivity contribution in [2.45, 2.75) is 38.7 Å². The summed E-state index contributed by atoms with van der Waals surface area (Å²) in [5, 5.41) is 20.4. The van der Waals surface area contributed by atoms with E-state index in [4.69, 9.17) is 9.79 Å². The first-order chi connectivity index (χ1) is 16.1. The number of phosphoric ester groups is 2. The highest BCUT2D eigenvalue weighted by molar-refractivity contribution is 7.46. The zero-order valence-electron chi connectivity index (χ0n) is 18.2. The molecule has 0 fully saturated rings. The minimum Gasteiger partial charge on any atom is -0.394 e. The van der Waals surface area contributed by atoms with Gasteiger partial charge in [0.15, 0.2) is 11.5 Å². The van der Waals surface area contributed by atoms with Crippen LogP contribution in [0.5, 0.6) is 0 Å². The topological polar surface area (TPSA) is 255 Å². The molecule has 1 aromatic rings. The minimum absolute atomic E-state index is 0.247. The summed E-state index contributed by atoms with van der Waals surface area (Å²) >= 11 is 0. The Morgan fingerprint density at radius 2 is 1.63 bits per heavy atom. The maximum absolute atomic E-state index is 12.4. The summed E-state index contributed by atoms with van der Waals surface area (Å²) in [5.74, 6) is -0.292. The van der Waals surface area contributed by atoms with E-state index >= 15 is 0 Å². The van der Waals surface area contributed by atoms with E-state index in [-0.39, 0.29) is 22.6 Å². The fraction of sp³-hybridized carbons (Fsp3) is 0.412. The van der Waals surface area contributed by atoms with Crippen LogP contribution in [0.2, 0.25) is 0 Å². The lowest BCUT2D eigenvalue weighted by Gasteiger charge is -2.31. The van der Waals surface area contributed by atoms with E-state index in [2.05, 4.69) is 19.0 Å². The van der Waals surface area contributed by atoms with Crippen molar-refractivity contribution in [2.75, 3.05) is 6.61 Å². The first-order valence-corrected chi connectivity index (χ1v) is 12.8. The number of aliphatic hydroxyl groups is 2. The Morgan fingerprint density at radius 1 is 1.03 bits per heavy atom. The quantitative estimate of drug-likeness (QED) is 0.121. The van der Waals surface area contributed by atoms with Crippen molar-refractivity contribution in [3.63, 3.8) is 0 Å². The second-order valence-electron chi connectivity index (χ2n) is 7.64. The number of aliphatic hydroxyl groups excluding tert-OH is 2. The highest BCUT2D eigenvalue weighted by Gasteiger charge is 2.39. The lowest BCUT2D eigenvalue weighted by molar-refractivity contribution is -0.0739. The standard InChI is InChI=1S/C17H22N4O12P2/c1-7-3-9-10(4-8(7)2)21(15-13(18-9)16(24)20-17(25)19-15)5-11(23)14(33-35(29,30)31)12(6-22)32-34(26,27)28/h3-4,11-12,14,22-23H,5-6H2,1-2H3,(H,20,24,25)(H2,26,27,28)(H2,29,30,31). The van der Waals surface area contributed by atoms with Crippen LogP contribution in [-0.2, 0) is 24.7 Å². The van der Waals surface area contributed by atoms with Crippen LogP contribution >= 0.6 is 15.6 Å². The molecular weight excluding hydrogens is 514 g/mol. The van der Waals surface area contributed by atoms with E-state index in [9.17, 15) is 38.7 Å². The monoisotopic (exact) mass is 536 g/mol. The normalized spacial score (nSPS) is 15.4. The lowest BCUT2D eigenvalue weighted by atomic mass is 10.1. The van der Waals surface area contributed by atoms with Gasteiger partial charge >= 0.3 is 21.3 Å². The number of aryl methyl sites for hydroxylation is 2. The number of H-pyrrole nitrogens is 1. The van der Waals surface area contributed by atoms with Crippen molar-refractivity contribution < 1.29 is 48.0 Å². The van der Waals surface area contributed by atoms with Gasteiger partial charge in [-0.25, -0.2) is 18.9 Å².